The van der Waals surface area contributed by atoms with Crippen molar-refractivity contribution in [2.45, 2.75) is 84.3 Å². The van der Waals surface area contributed by atoms with E-state index in [1.54, 1.807) is 0 Å². The highest BCUT2D eigenvalue weighted by Crippen LogP contribution is 2.40. The van der Waals surface area contributed by atoms with Gasteiger partial charge in [0, 0.05) is 6.04 Å². The third-order valence-electron chi connectivity index (χ3n) is 4.71. The fourth-order valence-corrected chi connectivity index (χ4v) is 3.73. The molecule has 1 atom stereocenters. The van der Waals surface area contributed by atoms with E-state index in [9.17, 15) is 9.59 Å². The number of piperazine rings is 1. The van der Waals surface area contributed by atoms with Gasteiger partial charge in [-0.25, -0.2) is 0 Å². The van der Waals surface area contributed by atoms with Crippen LogP contribution in [0.5, 0.6) is 0 Å². The molecular formula is C16H28N2O2. The summed E-state index contributed by atoms with van der Waals surface area (Å²) in [6.07, 6.45) is 4.84. The molecule has 0 aromatic rings. The monoisotopic (exact) mass is 280 g/mol. The minimum Gasteiger partial charge on any atom is -0.342 e. The molecule has 1 N–H and O–H groups in total. The van der Waals surface area contributed by atoms with Crippen LogP contribution in [-0.4, -0.2) is 34.3 Å². The van der Waals surface area contributed by atoms with Crippen LogP contribution >= 0.6 is 0 Å². The maximum absolute atomic E-state index is 12.9. The Morgan fingerprint density at radius 3 is 2.15 bits per heavy atom. The molecule has 4 nitrogen and oxygen atoms in total. The number of amides is 2. The molecule has 0 aromatic heterocycles. The van der Waals surface area contributed by atoms with Gasteiger partial charge in [0.25, 0.3) is 0 Å². The first kappa shape index (κ1) is 15.3. The zero-order valence-electron chi connectivity index (χ0n) is 13.5. The summed E-state index contributed by atoms with van der Waals surface area (Å²) in [4.78, 5) is 27.6. The van der Waals surface area contributed by atoms with Gasteiger partial charge in [0.1, 0.15) is 11.6 Å². The molecule has 2 fully saturated rings. The van der Waals surface area contributed by atoms with Gasteiger partial charge in [0.2, 0.25) is 11.8 Å². The van der Waals surface area contributed by atoms with Crippen LogP contribution in [0.25, 0.3) is 0 Å². The standard InChI is InChI=1S/C16H28N2O2/c1-11(2)18-13(19)12(15(3,4)5)17-14(20)16(18)9-7-6-8-10-16/h11-12H,6-10H2,1-5H3,(H,17,20). The van der Waals surface area contributed by atoms with Crippen molar-refractivity contribution < 1.29 is 9.59 Å². The average molecular weight is 280 g/mol. The summed E-state index contributed by atoms with van der Waals surface area (Å²) in [6.45, 7) is 10.1. The van der Waals surface area contributed by atoms with Gasteiger partial charge in [-0.2, -0.15) is 0 Å². The summed E-state index contributed by atoms with van der Waals surface area (Å²) in [5.41, 5.74) is -0.846. The van der Waals surface area contributed by atoms with Crippen LogP contribution in [-0.2, 0) is 9.59 Å². The number of hydrogen-bond donors (Lipinski definition) is 1. The van der Waals surface area contributed by atoms with E-state index >= 15 is 0 Å². The van der Waals surface area contributed by atoms with Gasteiger partial charge < -0.3 is 10.2 Å². The molecule has 0 radical (unpaired) electrons. The number of carbonyl (C=O) groups is 2. The highest BCUT2D eigenvalue weighted by Gasteiger charge is 2.55. The highest BCUT2D eigenvalue weighted by atomic mass is 16.2. The van der Waals surface area contributed by atoms with Crippen LogP contribution in [0.1, 0.15) is 66.7 Å². The largest absolute Gasteiger partial charge is 0.342 e. The second-order valence-corrected chi connectivity index (χ2v) is 7.67. The SMILES string of the molecule is CC(C)N1C(=O)C(C(C)(C)C)NC(=O)C12CCCCC2. The molecule has 1 heterocycles. The third kappa shape index (κ3) is 2.33. The lowest BCUT2D eigenvalue weighted by atomic mass is 9.74. The maximum atomic E-state index is 12.9. The molecule has 1 aliphatic carbocycles. The number of hydrogen-bond acceptors (Lipinski definition) is 2. The zero-order valence-corrected chi connectivity index (χ0v) is 13.5. The van der Waals surface area contributed by atoms with E-state index < -0.39 is 11.6 Å². The van der Waals surface area contributed by atoms with Gasteiger partial charge >= 0.3 is 0 Å². The van der Waals surface area contributed by atoms with Crippen molar-refractivity contribution in [2.75, 3.05) is 0 Å². The zero-order chi connectivity index (χ0) is 15.1. The summed E-state index contributed by atoms with van der Waals surface area (Å²) in [5.74, 6) is 0.152. The van der Waals surface area contributed by atoms with Crippen molar-refractivity contribution in [2.24, 2.45) is 5.41 Å². The van der Waals surface area contributed by atoms with E-state index in [4.69, 9.17) is 0 Å². The van der Waals surface area contributed by atoms with Crippen LogP contribution in [0.3, 0.4) is 0 Å². The lowest BCUT2D eigenvalue weighted by Gasteiger charge is -2.53. The minimum absolute atomic E-state index is 0.0606. The van der Waals surface area contributed by atoms with Crippen molar-refractivity contribution in [3.63, 3.8) is 0 Å². The molecule has 2 rings (SSSR count). The van der Waals surface area contributed by atoms with Gasteiger partial charge in [-0.1, -0.05) is 40.0 Å². The molecule has 1 spiro atoms. The number of nitrogens with one attached hydrogen (secondary N) is 1. The molecule has 0 aromatic carbocycles. The molecular weight excluding hydrogens is 252 g/mol. The molecule has 4 heteroatoms. The molecule has 1 unspecified atom stereocenters. The van der Waals surface area contributed by atoms with Gasteiger partial charge in [0.05, 0.1) is 0 Å². The Hall–Kier alpha value is -1.06. The van der Waals surface area contributed by atoms with Gasteiger partial charge in [-0.05, 0) is 32.1 Å². The molecule has 1 aliphatic heterocycles. The Morgan fingerprint density at radius 2 is 1.70 bits per heavy atom. The van der Waals surface area contributed by atoms with Crippen LogP contribution in [0, 0.1) is 5.41 Å². The van der Waals surface area contributed by atoms with Crippen molar-refractivity contribution in [3.8, 4) is 0 Å². The Kier molecular flexibility index (Phi) is 3.87. The van der Waals surface area contributed by atoms with E-state index in [1.165, 1.54) is 0 Å². The Morgan fingerprint density at radius 1 is 1.15 bits per heavy atom. The van der Waals surface area contributed by atoms with Gasteiger partial charge in [-0.3, -0.25) is 9.59 Å². The first-order valence-corrected chi connectivity index (χ1v) is 7.84. The van der Waals surface area contributed by atoms with Crippen LogP contribution in [0.15, 0.2) is 0 Å². The Balaban J connectivity index is 2.41. The van der Waals surface area contributed by atoms with E-state index in [1.807, 2.05) is 39.5 Å². The van der Waals surface area contributed by atoms with Crippen molar-refractivity contribution in [3.05, 3.63) is 0 Å². The lowest BCUT2D eigenvalue weighted by molar-refractivity contribution is -0.166. The third-order valence-corrected chi connectivity index (χ3v) is 4.71. The number of rotatable bonds is 1. The smallest absolute Gasteiger partial charge is 0.246 e. The van der Waals surface area contributed by atoms with E-state index in [0.29, 0.717) is 0 Å². The van der Waals surface area contributed by atoms with Crippen LogP contribution in [0.2, 0.25) is 0 Å². The second-order valence-electron chi connectivity index (χ2n) is 7.67. The predicted octanol–water partition coefficient (Wildman–Crippen LogP) is 2.47. The lowest BCUT2D eigenvalue weighted by Crippen LogP contribution is -2.74. The number of nitrogens with zero attached hydrogens (tertiary/aromatic N) is 1. The summed E-state index contributed by atoms with van der Waals surface area (Å²) in [5, 5.41) is 3.02. The van der Waals surface area contributed by atoms with Crippen molar-refractivity contribution in [1.82, 2.24) is 10.2 Å². The summed E-state index contributed by atoms with van der Waals surface area (Å²) >= 11 is 0. The van der Waals surface area contributed by atoms with E-state index in [2.05, 4.69) is 5.32 Å². The summed E-state index contributed by atoms with van der Waals surface area (Å²) < 4.78 is 0. The second kappa shape index (κ2) is 5.05. The Labute approximate surface area is 122 Å². The average Bonchev–Trinajstić information content (AvgIpc) is 2.33. The minimum atomic E-state index is -0.592. The molecule has 2 amide bonds. The highest BCUT2D eigenvalue weighted by molar-refractivity contribution is 6.00. The Bertz CT molecular complexity index is 403. The molecule has 2 aliphatic rings. The van der Waals surface area contributed by atoms with Gasteiger partial charge in [0.15, 0.2) is 0 Å². The summed E-state index contributed by atoms with van der Waals surface area (Å²) in [6, 6.07) is -0.346. The predicted molar refractivity (Wildman–Crippen MR) is 79.2 cm³/mol. The van der Waals surface area contributed by atoms with Crippen LogP contribution in [0.4, 0.5) is 0 Å². The first-order chi connectivity index (χ1) is 9.20. The van der Waals surface area contributed by atoms with Crippen molar-refractivity contribution in [1.29, 1.82) is 0 Å². The molecule has 1 saturated heterocycles. The fourth-order valence-electron chi connectivity index (χ4n) is 3.73. The quantitative estimate of drug-likeness (QED) is 0.802. The molecule has 20 heavy (non-hydrogen) atoms. The van der Waals surface area contributed by atoms with E-state index in [0.717, 1.165) is 32.1 Å². The van der Waals surface area contributed by atoms with Gasteiger partial charge in [-0.15, -0.1) is 0 Å². The van der Waals surface area contributed by atoms with E-state index in [-0.39, 0.29) is 23.3 Å². The molecule has 114 valence electrons. The fraction of sp³-hybridized carbons (Fsp3) is 0.875. The normalized spacial score (nSPS) is 27.1. The topological polar surface area (TPSA) is 49.4 Å². The maximum Gasteiger partial charge on any atom is 0.246 e. The first-order valence-electron chi connectivity index (χ1n) is 7.84. The summed E-state index contributed by atoms with van der Waals surface area (Å²) in [7, 11) is 0. The molecule has 0 bridgehead atoms. The molecule has 1 saturated carbocycles. The number of carbonyl (C=O) groups excluding carboxylic acids is 2. The van der Waals surface area contributed by atoms with Crippen molar-refractivity contribution >= 4 is 11.8 Å². The van der Waals surface area contributed by atoms with Crippen LogP contribution < -0.4 is 5.32 Å².